The zero-order valence-corrected chi connectivity index (χ0v) is 12.5. The van der Waals surface area contributed by atoms with Gasteiger partial charge in [0.25, 0.3) is 5.89 Å². The zero-order valence-electron chi connectivity index (χ0n) is 11.7. The fraction of sp³-hybridized carbons (Fsp3) is 0.429. The average molecular weight is 308 g/mol. The van der Waals surface area contributed by atoms with E-state index in [1.807, 2.05) is 0 Å². The molecule has 112 valence electrons. The lowest BCUT2D eigenvalue weighted by molar-refractivity contribution is -0.00459. The van der Waals surface area contributed by atoms with Crippen LogP contribution in [0.25, 0.3) is 11.4 Å². The third-order valence-corrected chi connectivity index (χ3v) is 4.57. The summed E-state index contributed by atoms with van der Waals surface area (Å²) in [5.41, 5.74) is 0.716. The van der Waals surface area contributed by atoms with Crippen LogP contribution in [-0.4, -0.2) is 31.4 Å². The van der Waals surface area contributed by atoms with Crippen LogP contribution < -0.4 is 0 Å². The standard InChI is InChI=1S/C14H16N2O4S/c1-21(17,18)11-7-5-10(6-8-11)13-15-14(20-16-13)12-4-2-3-9-19-12/h5-8,12H,2-4,9H2,1H3. The first kappa shape index (κ1) is 14.2. The molecule has 7 heteroatoms. The Labute approximate surface area is 123 Å². The Kier molecular flexibility index (Phi) is 3.77. The van der Waals surface area contributed by atoms with Gasteiger partial charge in [-0.05, 0) is 43.5 Å². The normalized spacial score (nSPS) is 19.6. The number of hydrogen-bond donors (Lipinski definition) is 0. The van der Waals surface area contributed by atoms with Crippen molar-refractivity contribution in [1.29, 1.82) is 0 Å². The van der Waals surface area contributed by atoms with E-state index in [1.54, 1.807) is 12.1 Å². The maximum atomic E-state index is 11.4. The molecule has 1 aliphatic heterocycles. The molecule has 6 nitrogen and oxygen atoms in total. The number of aromatic nitrogens is 2. The zero-order chi connectivity index (χ0) is 14.9. The van der Waals surface area contributed by atoms with E-state index >= 15 is 0 Å². The molecule has 2 aromatic rings. The van der Waals surface area contributed by atoms with Gasteiger partial charge in [0.05, 0.1) is 4.90 Å². The molecule has 0 bridgehead atoms. The summed E-state index contributed by atoms with van der Waals surface area (Å²) in [4.78, 5) is 4.61. The molecule has 1 aromatic heterocycles. The van der Waals surface area contributed by atoms with E-state index in [-0.39, 0.29) is 11.0 Å². The monoisotopic (exact) mass is 308 g/mol. The molecule has 1 fully saturated rings. The molecular weight excluding hydrogens is 292 g/mol. The molecule has 2 heterocycles. The Morgan fingerprint density at radius 1 is 1.19 bits per heavy atom. The van der Waals surface area contributed by atoms with Crippen molar-refractivity contribution in [1.82, 2.24) is 10.1 Å². The fourth-order valence-corrected chi connectivity index (χ4v) is 2.90. The van der Waals surface area contributed by atoms with Gasteiger partial charge in [0, 0.05) is 18.4 Å². The van der Waals surface area contributed by atoms with Crippen molar-refractivity contribution in [2.45, 2.75) is 30.3 Å². The molecule has 3 rings (SSSR count). The van der Waals surface area contributed by atoms with Crippen molar-refractivity contribution < 1.29 is 17.7 Å². The number of nitrogens with zero attached hydrogens (tertiary/aromatic N) is 2. The van der Waals surface area contributed by atoms with Crippen molar-refractivity contribution in [3.05, 3.63) is 30.2 Å². The van der Waals surface area contributed by atoms with E-state index in [9.17, 15) is 8.42 Å². The minimum Gasteiger partial charge on any atom is -0.368 e. The van der Waals surface area contributed by atoms with E-state index in [4.69, 9.17) is 9.26 Å². The van der Waals surface area contributed by atoms with Crippen LogP contribution >= 0.6 is 0 Å². The summed E-state index contributed by atoms with van der Waals surface area (Å²) in [6, 6.07) is 6.43. The molecule has 0 aliphatic carbocycles. The van der Waals surface area contributed by atoms with Gasteiger partial charge in [-0.25, -0.2) is 8.42 Å². The van der Waals surface area contributed by atoms with Crippen LogP contribution in [0.4, 0.5) is 0 Å². The molecule has 0 saturated carbocycles. The quantitative estimate of drug-likeness (QED) is 0.866. The number of rotatable bonds is 3. The van der Waals surface area contributed by atoms with Crippen LogP contribution in [-0.2, 0) is 14.6 Å². The highest BCUT2D eigenvalue weighted by Crippen LogP contribution is 2.28. The summed E-state index contributed by atoms with van der Waals surface area (Å²) in [6.07, 6.45) is 4.08. The number of hydrogen-bond acceptors (Lipinski definition) is 6. The highest BCUT2D eigenvalue weighted by molar-refractivity contribution is 7.90. The molecule has 0 radical (unpaired) electrons. The minimum atomic E-state index is -3.20. The summed E-state index contributed by atoms with van der Waals surface area (Å²) in [7, 11) is -3.20. The van der Waals surface area contributed by atoms with Crippen LogP contribution in [0, 0.1) is 0 Å². The summed E-state index contributed by atoms with van der Waals surface area (Å²) < 4.78 is 33.7. The second kappa shape index (κ2) is 5.57. The molecule has 21 heavy (non-hydrogen) atoms. The van der Waals surface area contributed by atoms with Crippen molar-refractivity contribution in [3.63, 3.8) is 0 Å². The third kappa shape index (κ3) is 3.14. The van der Waals surface area contributed by atoms with Gasteiger partial charge in [-0.2, -0.15) is 4.98 Å². The Hall–Kier alpha value is -1.73. The second-order valence-corrected chi connectivity index (χ2v) is 7.12. The van der Waals surface area contributed by atoms with E-state index < -0.39 is 9.84 Å². The fourth-order valence-electron chi connectivity index (χ4n) is 2.27. The molecule has 1 aromatic carbocycles. The minimum absolute atomic E-state index is 0.129. The predicted molar refractivity (Wildman–Crippen MR) is 75.4 cm³/mol. The van der Waals surface area contributed by atoms with Crippen LogP contribution in [0.1, 0.15) is 31.3 Å². The van der Waals surface area contributed by atoms with Crippen LogP contribution in [0.3, 0.4) is 0 Å². The summed E-state index contributed by atoms with van der Waals surface area (Å²) in [6.45, 7) is 0.714. The Balaban J connectivity index is 1.82. The van der Waals surface area contributed by atoms with Gasteiger partial charge in [-0.1, -0.05) is 5.16 Å². The first-order valence-electron chi connectivity index (χ1n) is 6.80. The van der Waals surface area contributed by atoms with Crippen molar-refractivity contribution >= 4 is 9.84 Å². The molecule has 1 aliphatic rings. The SMILES string of the molecule is CS(=O)(=O)c1ccc(-c2noc(C3CCCCO3)n2)cc1. The number of sulfone groups is 1. The molecule has 1 atom stereocenters. The highest BCUT2D eigenvalue weighted by atomic mass is 32.2. The number of ether oxygens (including phenoxy) is 1. The molecular formula is C14H16N2O4S. The molecule has 0 spiro atoms. The van der Waals surface area contributed by atoms with Crippen LogP contribution in [0.2, 0.25) is 0 Å². The van der Waals surface area contributed by atoms with E-state index in [1.165, 1.54) is 18.4 Å². The predicted octanol–water partition coefficient (Wildman–Crippen LogP) is 2.38. The number of benzene rings is 1. The Morgan fingerprint density at radius 2 is 1.95 bits per heavy atom. The average Bonchev–Trinajstić information content (AvgIpc) is 2.97. The van der Waals surface area contributed by atoms with Crippen LogP contribution in [0.5, 0.6) is 0 Å². The maximum Gasteiger partial charge on any atom is 0.256 e. The van der Waals surface area contributed by atoms with Gasteiger partial charge >= 0.3 is 0 Å². The van der Waals surface area contributed by atoms with Crippen molar-refractivity contribution in [2.24, 2.45) is 0 Å². The van der Waals surface area contributed by atoms with Crippen LogP contribution in [0.15, 0.2) is 33.7 Å². The smallest absolute Gasteiger partial charge is 0.256 e. The van der Waals surface area contributed by atoms with Crippen molar-refractivity contribution in [2.75, 3.05) is 12.9 Å². The molecule has 1 unspecified atom stereocenters. The Bertz CT molecular complexity index is 716. The summed E-state index contributed by atoms with van der Waals surface area (Å²) in [5, 5.41) is 3.94. The largest absolute Gasteiger partial charge is 0.368 e. The van der Waals surface area contributed by atoms with Crippen molar-refractivity contribution in [3.8, 4) is 11.4 Å². The topological polar surface area (TPSA) is 82.3 Å². The first-order chi connectivity index (χ1) is 10.0. The first-order valence-corrected chi connectivity index (χ1v) is 8.69. The molecule has 1 saturated heterocycles. The lowest BCUT2D eigenvalue weighted by Crippen LogP contribution is -2.11. The highest BCUT2D eigenvalue weighted by Gasteiger charge is 2.22. The second-order valence-electron chi connectivity index (χ2n) is 5.11. The lowest BCUT2D eigenvalue weighted by Gasteiger charge is -2.18. The van der Waals surface area contributed by atoms with E-state index in [0.29, 0.717) is 23.9 Å². The third-order valence-electron chi connectivity index (χ3n) is 3.44. The van der Waals surface area contributed by atoms with Gasteiger partial charge in [-0.15, -0.1) is 0 Å². The van der Waals surface area contributed by atoms with E-state index in [0.717, 1.165) is 19.3 Å². The Morgan fingerprint density at radius 3 is 2.57 bits per heavy atom. The van der Waals surface area contributed by atoms with Gasteiger partial charge in [0.2, 0.25) is 5.82 Å². The lowest BCUT2D eigenvalue weighted by atomic mass is 10.1. The van der Waals surface area contributed by atoms with E-state index in [2.05, 4.69) is 10.1 Å². The van der Waals surface area contributed by atoms with Gasteiger partial charge < -0.3 is 9.26 Å². The maximum absolute atomic E-state index is 11.4. The van der Waals surface area contributed by atoms with Gasteiger partial charge in [-0.3, -0.25) is 0 Å². The van der Waals surface area contributed by atoms with Gasteiger partial charge in [0.1, 0.15) is 6.10 Å². The van der Waals surface area contributed by atoms with Gasteiger partial charge in [0.15, 0.2) is 9.84 Å². The molecule has 0 amide bonds. The summed E-state index contributed by atoms with van der Waals surface area (Å²) in [5.74, 6) is 0.927. The molecule has 0 N–H and O–H groups in total. The summed E-state index contributed by atoms with van der Waals surface area (Å²) >= 11 is 0.